The lowest BCUT2D eigenvalue weighted by atomic mass is 10.2. The van der Waals surface area contributed by atoms with E-state index < -0.39 is 0 Å². The number of hydrogen-bond donors (Lipinski definition) is 0. The van der Waals surface area contributed by atoms with Crippen LogP contribution in [-0.4, -0.2) is 10.1 Å². The summed E-state index contributed by atoms with van der Waals surface area (Å²) in [4.78, 5) is 5.19. The van der Waals surface area contributed by atoms with Crippen LogP contribution >= 0.6 is 11.3 Å². The van der Waals surface area contributed by atoms with Crippen molar-refractivity contribution in [1.29, 1.82) is 5.26 Å². The molecule has 23 heavy (non-hydrogen) atoms. The Morgan fingerprint density at radius 1 is 1.43 bits per heavy atom. The van der Waals surface area contributed by atoms with Gasteiger partial charge in [-0.3, -0.25) is 0 Å². The van der Waals surface area contributed by atoms with Crippen LogP contribution in [0.25, 0.3) is 22.4 Å². The topological polar surface area (TPSA) is 75.8 Å². The number of nitrogens with zero attached hydrogens (tertiary/aromatic N) is 3. The van der Waals surface area contributed by atoms with Crippen molar-refractivity contribution in [1.82, 2.24) is 10.1 Å². The van der Waals surface area contributed by atoms with Gasteiger partial charge in [0.2, 0.25) is 5.82 Å². The van der Waals surface area contributed by atoms with Gasteiger partial charge in [0.1, 0.15) is 23.2 Å². The molecular weight excluding hydrogens is 310 g/mol. The van der Waals surface area contributed by atoms with Gasteiger partial charge in [0.25, 0.3) is 5.89 Å². The molecule has 1 aliphatic rings. The van der Waals surface area contributed by atoms with Crippen LogP contribution in [0.2, 0.25) is 0 Å². The summed E-state index contributed by atoms with van der Waals surface area (Å²) in [5.74, 6) is 3.49. The predicted molar refractivity (Wildman–Crippen MR) is 86.3 cm³/mol. The predicted octanol–water partition coefficient (Wildman–Crippen LogP) is 4.58. The molecule has 0 aliphatic heterocycles. The first-order valence-corrected chi connectivity index (χ1v) is 8.22. The van der Waals surface area contributed by atoms with Crippen molar-refractivity contribution in [2.24, 2.45) is 5.92 Å². The molecule has 4 rings (SSSR count). The summed E-state index contributed by atoms with van der Waals surface area (Å²) in [5, 5.41) is 15.2. The third kappa shape index (κ3) is 2.71. The summed E-state index contributed by atoms with van der Waals surface area (Å²) in [5.41, 5.74) is 0.296. The van der Waals surface area contributed by atoms with E-state index in [9.17, 15) is 5.26 Å². The van der Waals surface area contributed by atoms with Crippen molar-refractivity contribution in [3.8, 4) is 16.8 Å². The van der Waals surface area contributed by atoms with E-state index in [4.69, 9.17) is 8.94 Å². The monoisotopic (exact) mass is 323 g/mol. The summed E-state index contributed by atoms with van der Waals surface area (Å²) in [6.45, 7) is 2.20. The van der Waals surface area contributed by atoms with Crippen LogP contribution < -0.4 is 0 Å². The zero-order chi connectivity index (χ0) is 15.8. The van der Waals surface area contributed by atoms with Gasteiger partial charge >= 0.3 is 0 Å². The minimum atomic E-state index is 0.202. The van der Waals surface area contributed by atoms with Gasteiger partial charge in [-0.15, -0.1) is 11.3 Å². The average Bonchev–Trinajstić information content (AvgIpc) is 3.09. The molecule has 0 aromatic carbocycles. The average molecular weight is 323 g/mol. The number of furan rings is 1. The molecular formula is C17H13N3O2S. The Morgan fingerprint density at radius 2 is 2.30 bits per heavy atom. The third-order valence-corrected chi connectivity index (χ3v) is 4.79. The molecule has 6 heteroatoms. The van der Waals surface area contributed by atoms with E-state index >= 15 is 0 Å². The first-order chi connectivity index (χ1) is 11.2. The lowest BCUT2D eigenvalue weighted by Gasteiger charge is -1.92. The maximum Gasteiger partial charge on any atom is 0.269 e. The third-order valence-electron chi connectivity index (χ3n) is 3.93. The molecule has 2 atom stereocenters. The molecule has 0 N–H and O–H groups in total. The molecule has 0 unspecified atom stereocenters. The quantitative estimate of drug-likeness (QED) is 0.657. The van der Waals surface area contributed by atoms with Gasteiger partial charge in [-0.25, -0.2) is 0 Å². The number of nitriles is 1. The summed E-state index contributed by atoms with van der Waals surface area (Å²) in [7, 11) is 0. The molecule has 0 spiro atoms. The van der Waals surface area contributed by atoms with E-state index in [1.807, 2.05) is 29.6 Å². The van der Waals surface area contributed by atoms with Crippen molar-refractivity contribution in [2.75, 3.05) is 0 Å². The Labute approximate surface area is 136 Å². The maximum atomic E-state index is 9.37. The van der Waals surface area contributed by atoms with Gasteiger partial charge < -0.3 is 8.94 Å². The van der Waals surface area contributed by atoms with Crippen LogP contribution in [0.3, 0.4) is 0 Å². The number of allylic oxidation sites excluding steroid dienone is 1. The summed E-state index contributed by atoms with van der Waals surface area (Å²) in [6, 6.07) is 9.76. The van der Waals surface area contributed by atoms with Crippen LogP contribution in [0.1, 0.15) is 36.7 Å². The molecule has 1 fully saturated rings. The fourth-order valence-corrected chi connectivity index (χ4v) is 3.14. The molecule has 0 amide bonds. The highest BCUT2D eigenvalue weighted by Gasteiger charge is 2.36. The van der Waals surface area contributed by atoms with E-state index in [1.165, 1.54) is 11.3 Å². The van der Waals surface area contributed by atoms with Gasteiger partial charge in [-0.1, -0.05) is 18.1 Å². The summed E-state index contributed by atoms with van der Waals surface area (Å²) in [6.07, 6.45) is 2.80. The van der Waals surface area contributed by atoms with Crippen LogP contribution in [0.4, 0.5) is 0 Å². The second kappa shape index (κ2) is 5.52. The molecule has 3 heterocycles. The number of aromatic nitrogens is 2. The summed E-state index contributed by atoms with van der Waals surface area (Å²) < 4.78 is 11.0. The van der Waals surface area contributed by atoms with E-state index in [-0.39, 0.29) is 5.89 Å². The largest absolute Gasteiger partial charge is 0.461 e. The first kappa shape index (κ1) is 14.0. The van der Waals surface area contributed by atoms with Crippen molar-refractivity contribution in [3.63, 3.8) is 0 Å². The van der Waals surface area contributed by atoms with Gasteiger partial charge in [-0.05, 0) is 35.9 Å². The van der Waals surface area contributed by atoms with Crippen molar-refractivity contribution in [2.45, 2.75) is 19.3 Å². The number of thiophene rings is 1. The minimum absolute atomic E-state index is 0.202. The van der Waals surface area contributed by atoms with E-state index in [0.717, 1.165) is 17.1 Å². The van der Waals surface area contributed by atoms with E-state index in [0.29, 0.717) is 29.0 Å². The number of rotatable bonds is 4. The standard InChI is InChI=1S/C17H13N3O2S/c1-10-7-13(10)14-5-4-12(21-14)8-11(9-18)17-19-16(20-22-17)15-3-2-6-23-15/h2-6,8,10,13H,7H2,1H3/b11-8+/t10-,13-/m0/s1. The second-order valence-corrected chi connectivity index (χ2v) is 6.58. The molecule has 0 saturated heterocycles. The lowest BCUT2D eigenvalue weighted by Crippen LogP contribution is -1.82. The SMILES string of the molecule is C[C@H]1C[C@@H]1c1ccc(/C=C(\C#N)c2nc(-c3cccs3)no2)o1. The zero-order valence-electron chi connectivity index (χ0n) is 12.4. The summed E-state index contributed by atoms with van der Waals surface area (Å²) >= 11 is 1.52. The van der Waals surface area contributed by atoms with Gasteiger partial charge in [0.15, 0.2) is 0 Å². The molecule has 5 nitrogen and oxygen atoms in total. The molecule has 3 aromatic heterocycles. The molecule has 3 aromatic rings. The highest BCUT2D eigenvalue weighted by molar-refractivity contribution is 7.13. The Hall–Kier alpha value is -2.65. The highest BCUT2D eigenvalue weighted by Crippen LogP contribution is 2.47. The van der Waals surface area contributed by atoms with Crippen molar-refractivity contribution < 1.29 is 8.94 Å². The molecule has 0 radical (unpaired) electrons. The van der Waals surface area contributed by atoms with E-state index in [1.54, 1.807) is 6.08 Å². The minimum Gasteiger partial charge on any atom is -0.461 e. The second-order valence-electron chi connectivity index (χ2n) is 5.63. The smallest absolute Gasteiger partial charge is 0.269 e. The molecule has 1 aliphatic carbocycles. The van der Waals surface area contributed by atoms with Crippen molar-refractivity contribution in [3.05, 3.63) is 47.1 Å². The Morgan fingerprint density at radius 3 is 3.00 bits per heavy atom. The first-order valence-electron chi connectivity index (χ1n) is 7.34. The fourth-order valence-electron chi connectivity index (χ4n) is 2.49. The Bertz CT molecular complexity index is 899. The van der Waals surface area contributed by atoms with Crippen LogP contribution in [0, 0.1) is 17.2 Å². The van der Waals surface area contributed by atoms with E-state index in [2.05, 4.69) is 23.1 Å². The van der Waals surface area contributed by atoms with Gasteiger partial charge in [-0.2, -0.15) is 10.2 Å². The molecule has 1 saturated carbocycles. The normalized spacial score (nSPS) is 20.4. The van der Waals surface area contributed by atoms with Gasteiger partial charge in [0.05, 0.1) is 4.88 Å². The molecule has 114 valence electrons. The van der Waals surface area contributed by atoms with Gasteiger partial charge in [0, 0.05) is 12.0 Å². The van der Waals surface area contributed by atoms with Crippen LogP contribution in [0.5, 0.6) is 0 Å². The zero-order valence-corrected chi connectivity index (χ0v) is 13.2. The maximum absolute atomic E-state index is 9.37. The van der Waals surface area contributed by atoms with Crippen LogP contribution in [-0.2, 0) is 0 Å². The van der Waals surface area contributed by atoms with Crippen LogP contribution in [0.15, 0.2) is 38.6 Å². The Kier molecular flexibility index (Phi) is 3.36. The highest BCUT2D eigenvalue weighted by atomic mass is 32.1. The lowest BCUT2D eigenvalue weighted by molar-refractivity contribution is 0.409. The number of hydrogen-bond acceptors (Lipinski definition) is 6. The van der Waals surface area contributed by atoms with Crippen molar-refractivity contribution >= 4 is 23.0 Å². The Balaban J connectivity index is 1.61. The molecule has 0 bridgehead atoms. The fraction of sp³-hybridized carbons (Fsp3) is 0.235.